The van der Waals surface area contributed by atoms with Crippen LogP contribution in [0.25, 0.3) is 10.4 Å². The number of hydrogen-bond acceptors (Lipinski definition) is 4. The standard InChI is InChI=1S/C25H25FN2O3S/c1-17-14-19(26)10-11-20(17)27-25(30)24-21(15-22(32-24)18-8-4-2-5-9-18)31-16-23(29)28-12-6-3-7-13-28/h2,4-5,8-11,14-15H,3,6-7,12-13,16H2,1H3,(H,27,30). The summed E-state index contributed by atoms with van der Waals surface area (Å²) in [5.74, 6) is -0.412. The Bertz CT molecular complexity index is 1110. The molecule has 0 saturated carbocycles. The maximum absolute atomic E-state index is 13.4. The monoisotopic (exact) mass is 452 g/mol. The Hall–Kier alpha value is -3.19. The molecule has 0 radical (unpaired) electrons. The molecule has 2 heterocycles. The molecule has 0 atom stereocenters. The molecule has 5 nitrogen and oxygen atoms in total. The van der Waals surface area contributed by atoms with Gasteiger partial charge in [-0.15, -0.1) is 11.3 Å². The first-order valence-electron chi connectivity index (χ1n) is 10.7. The van der Waals surface area contributed by atoms with Gasteiger partial charge in [-0.1, -0.05) is 30.3 Å². The highest BCUT2D eigenvalue weighted by Crippen LogP contribution is 2.37. The Kier molecular flexibility index (Phi) is 6.85. The lowest BCUT2D eigenvalue weighted by Gasteiger charge is -2.26. The topological polar surface area (TPSA) is 58.6 Å². The van der Waals surface area contributed by atoms with E-state index in [2.05, 4.69) is 5.32 Å². The Morgan fingerprint density at radius 3 is 2.53 bits per heavy atom. The van der Waals surface area contributed by atoms with Gasteiger partial charge in [-0.25, -0.2) is 4.39 Å². The number of nitrogens with zero attached hydrogens (tertiary/aromatic N) is 1. The molecular weight excluding hydrogens is 427 g/mol. The van der Waals surface area contributed by atoms with Gasteiger partial charge in [-0.2, -0.15) is 0 Å². The van der Waals surface area contributed by atoms with Crippen LogP contribution in [0.15, 0.2) is 54.6 Å². The average molecular weight is 453 g/mol. The zero-order valence-corrected chi connectivity index (χ0v) is 18.7. The molecule has 32 heavy (non-hydrogen) atoms. The number of halogens is 1. The molecule has 7 heteroatoms. The number of benzene rings is 2. The first-order valence-corrected chi connectivity index (χ1v) is 11.5. The molecule has 1 aromatic heterocycles. The lowest BCUT2D eigenvalue weighted by molar-refractivity contribution is -0.134. The van der Waals surface area contributed by atoms with Crippen molar-refractivity contribution in [2.45, 2.75) is 26.2 Å². The molecule has 1 saturated heterocycles. The summed E-state index contributed by atoms with van der Waals surface area (Å²) in [5.41, 5.74) is 2.11. The van der Waals surface area contributed by atoms with Gasteiger partial charge in [0, 0.05) is 23.7 Å². The van der Waals surface area contributed by atoms with Crippen LogP contribution < -0.4 is 10.1 Å². The van der Waals surface area contributed by atoms with E-state index in [1.165, 1.54) is 29.5 Å². The van der Waals surface area contributed by atoms with Crippen LogP contribution in [-0.4, -0.2) is 36.4 Å². The summed E-state index contributed by atoms with van der Waals surface area (Å²) in [7, 11) is 0. The lowest BCUT2D eigenvalue weighted by atomic mass is 10.1. The maximum atomic E-state index is 13.4. The van der Waals surface area contributed by atoms with Crippen LogP contribution >= 0.6 is 11.3 Å². The third-order valence-electron chi connectivity index (χ3n) is 5.46. The van der Waals surface area contributed by atoms with Gasteiger partial charge >= 0.3 is 0 Å². The maximum Gasteiger partial charge on any atom is 0.269 e. The Morgan fingerprint density at radius 1 is 1.06 bits per heavy atom. The molecular formula is C25H25FN2O3S. The number of piperidine rings is 1. The smallest absolute Gasteiger partial charge is 0.269 e. The summed E-state index contributed by atoms with van der Waals surface area (Å²) >= 11 is 1.30. The molecule has 0 unspecified atom stereocenters. The fourth-order valence-electron chi connectivity index (χ4n) is 3.70. The number of thiophene rings is 1. The van der Waals surface area contributed by atoms with Gasteiger partial charge < -0.3 is 15.0 Å². The van der Waals surface area contributed by atoms with Crippen molar-refractivity contribution in [2.75, 3.05) is 25.0 Å². The number of amides is 2. The van der Waals surface area contributed by atoms with Gasteiger partial charge in [0.25, 0.3) is 11.8 Å². The van der Waals surface area contributed by atoms with Crippen LogP contribution in [0.2, 0.25) is 0 Å². The van der Waals surface area contributed by atoms with E-state index in [0.29, 0.717) is 21.9 Å². The van der Waals surface area contributed by atoms with Crippen LogP contribution in [0.1, 0.15) is 34.5 Å². The summed E-state index contributed by atoms with van der Waals surface area (Å²) < 4.78 is 19.3. The second kappa shape index (κ2) is 9.96. The predicted molar refractivity (Wildman–Crippen MR) is 125 cm³/mol. The van der Waals surface area contributed by atoms with Gasteiger partial charge in [0.15, 0.2) is 6.61 Å². The van der Waals surface area contributed by atoms with Crippen molar-refractivity contribution in [3.63, 3.8) is 0 Å². The number of rotatable bonds is 6. The van der Waals surface area contributed by atoms with Crippen molar-refractivity contribution in [3.8, 4) is 16.2 Å². The number of ether oxygens (including phenoxy) is 1. The zero-order valence-electron chi connectivity index (χ0n) is 17.9. The van der Waals surface area contributed by atoms with Crippen molar-refractivity contribution in [1.29, 1.82) is 0 Å². The summed E-state index contributed by atoms with van der Waals surface area (Å²) in [5, 5.41) is 2.84. The zero-order chi connectivity index (χ0) is 22.5. The van der Waals surface area contributed by atoms with Gasteiger partial charge in [0.05, 0.1) is 0 Å². The van der Waals surface area contributed by atoms with E-state index in [0.717, 1.165) is 42.8 Å². The normalized spacial score (nSPS) is 13.6. The molecule has 1 fully saturated rings. The Labute approximate surface area is 190 Å². The van der Waals surface area contributed by atoms with Crippen LogP contribution in [0, 0.1) is 12.7 Å². The molecule has 166 valence electrons. The molecule has 1 N–H and O–H groups in total. The van der Waals surface area contributed by atoms with Crippen molar-refractivity contribution < 1.29 is 18.7 Å². The largest absolute Gasteiger partial charge is 0.482 e. The molecule has 4 rings (SSSR count). The van der Waals surface area contributed by atoms with Crippen LogP contribution in [-0.2, 0) is 4.79 Å². The number of hydrogen-bond donors (Lipinski definition) is 1. The summed E-state index contributed by atoms with van der Waals surface area (Å²) in [4.78, 5) is 28.7. The minimum absolute atomic E-state index is 0.0714. The number of nitrogens with one attached hydrogen (secondary N) is 1. The Morgan fingerprint density at radius 2 is 1.81 bits per heavy atom. The number of carbonyl (C=O) groups is 2. The number of aryl methyl sites for hydroxylation is 1. The van der Waals surface area contributed by atoms with Crippen LogP contribution in [0.3, 0.4) is 0 Å². The van der Waals surface area contributed by atoms with E-state index in [4.69, 9.17) is 4.74 Å². The SMILES string of the molecule is Cc1cc(F)ccc1NC(=O)c1sc(-c2ccccc2)cc1OCC(=O)N1CCCCC1. The molecule has 1 aliphatic rings. The van der Waals surface area contributed by atoms with Crippen molar-refractivity contribution >= 4 is 28.8 Å². The molecule has 0 bridgehead atoms. The highest BCUT2D eigenvalue weighted by Gasteiger charge is 2.22. The predicted octanol–water partition coefficient (Wildman–Crippen LogP) is 5.51. The van der Waals surface area contributed by atoms with Crippen molar-refractivity contribution in [1.82, 2.24) is 4.90 Å². The Balaban J connectivity index is 1.56. The molecule has 3 aromatic rings. The van der Waals surface area contributed by atoms with Crippen molar-refractivity contribution in [2.24, 2.45) is 0 Å². The summed E-state index contributed by atoms with van der Waals surface area (Å²) in [6.07, 6.45) is 3.16. The third kappa shape index (κ3) is 5.16. The number of anilines is 1. The number of carbonyl (C=O) groups excluding carboxylic acids is 2. The second-order valence-corrected chi connectivity index (χ2v) is 8.87. The van der Waals surface area contributed by atoms with Crippen molar-refractivity contribution in [3.05, 3.63) is 70.9 Å². The first kappa shape index (κ1) is 22.0. The average Bonchev–Trinajstić information content (AvgIpc) is 3.25. The van der Waals surface area contributed by atoms with E-state index >= 15 is 0 Å². The van der Waals surface area contributed by atoms with Gasteiger partial charge in [-0.05, 0) is 61.6 Å². The van der Waals surface area contributed by atoms with E-state index in [-0.39, 0.29) is 24.2 Å². The van der Waals surface area contributed by atoms with E-state index in [9.17, 15) is 14.0 Å². The highest BCUT2D eigenvalue weighted by atomic mass is 32.1. The molecule has 2 amide bonds. The van der Waals surface area contributed by atoms with Crippen LogP contribution in [0.5, 0.6) is 5.75 Å². The third-order valence-corrected chi connectivity index (χ3v) is 6.62. The number of likely N-dealkylation sites (tertiary alicyclic amines) is 1. The quantitative estimate of drug-likeness (QED) is 0.537. The minimum Gasteiger partial charge on any atom is -0.482 e. The van der Waals surface area contributed by atoms with Gasteiger partial charge in [0.2, 0.25) is 0 Å². The molecule has 0 aliphatic carbocycles. The van der Waals surface area contributed by atoms with E-state index < -0.39 is 0 Å². The summed E-state index contributed by atoms with van der Waals surface area (Å²) in [6.45, 7) is 3.12. The minimum atomic E-state index is -0.358. The van der Waals surface area contributed by atoms with E-state index in [1.807, 2.05) is 35.2 Å². The van der Waals surface area contributed by atoms with Gasteiger partial charge in [-0.3, -0.25) is 9.59 Å². The summed E-state index contributed by atoms with van der Waals surface area (Å²) in [6, 6.07) is 15.7. The fourth-order valence-corrected chi connectivity index (χ4v) is 4.71. The highest BCUT2D eigenvalue weighted by molar-refractivity contribution is 7.17. The molecule has 1 aliphatic heterocycles. The first-order chi connectivity index (χ1) is 15.5. The molecule has 0 spiro atoms. The second-order valence-electron chi connectivity index (χ2n) is 7.81. The van der Waals surface area contributed by atoms with Gasteiger partial charge in [0.1, 0.15) is 16.4 Å². The lowest BCUT2D eigenvalue weighted by Crippen LogP contribution is -2.38. The van der Waals surface area contributed by atoms with Crippen LogP contribution in [0.4, 0.5) is 10.1 Å². The fraction of sp³-hybridized carbons (Fsp3) is 0.280. The van der Waals surface area contributed by atoms with E-state index in [1.54, 1.807) is 13.0 Å². The molecule has 2 aromatic carbocycles.